The van der Waals surface area contributed by atoms with Gasteiger partial charge in [0.25, 0.3) is 0 Å². The van der Waals surface area contributed by atoms with E-state index in [9.17, 15) is 5.26 Å². The fourth-order valence-electron chi connectivity index (χ4n) is 2.77. The Kier molecular flexibility index (Phi) is 5.38. The van der Waals surface area contributed by atoms with Crippen molar-refractivity contribution in [2.24, 2.45) is 0 Å². The number of ether oxygens (including phenoxy) is 1. The number of aromatic nitrogens is 1. The molecule has 0 bridgehead atoms. The second-order valence-electron chi connectivity index (χ2n) is 6.11. The number of para-hydroxylation sites is 1. The van der Waals surface area contributed by atoms with Crippen LogP contribution in [0.15, 0.2) is 72.8 Å². The Bertz CT molecular complexity index is 1170. The number of fused-ring (bicyclic) bond motifs is 1. The molecule has 1 heterocycles. The molecule has 0 radical (unpaired) electrons. The minimum absolute atomic E-state index is 0.385. The maximum absolute atomic E-state index is 9.62. The van der Waals surface area contributed by atoms with Gasteiger partial charge in [-0.15, -0.1) is 11.3 Å². The van der Waals surface area contributed by atoms with E-state index in [1.807, 2.05) is 78.9 Å². The number of allylic oxidation sites excluding steroid dienone is 1. The van der Waals surface area contributed by atoms with Gasteiger partial charge in [0.1, 0.15) is 23.4 Å². The number of rotatable bonds is 5. The molecule has 5 heteroatoms. The number of hydrogen-bond acceptors (Lipinski definition) is 4. The van der Waals surface area contributed by atoms with E-state index in [4.69, 9.17) is 16.3 Å². The third kappa shape index (κ3) is 4.07. The summed E-state index contributed by atoms with van der Waals surface area (Å²) in [6.07, 6.45) is 1.83. The molecule has 0 saturated carbocycles. The average Bonchev–Trinajstić information content (AvgIpc) is 3.16. The van der Waals surface area contributed by atoms with Crippen molar-refractivity contribution in [2.45, 2.75) is 6.61 Å². The normalized spacial score (nSPS) is 11.4. The van der Waals surface area contributed by atoms with Gasteiger partial charge in [-0.1, -0.05) is 54.1 Å². The Morgan fingerprint density at radius 3 is 2.71 bits per heavy atom. The largest absolute Gasteiger partial charge is 0.489 e. The molecule has 0 aliphatic heterocycles. The predicted molar refractivity (Wildman–Crippen MR) is 115 cm³/mol. The highest BCUT2D eigenvalue weighted by atomic mass is 35.5. The van der Waals surface area contributed by atoms with Crippen molar-refractivity contribution in [3.8, 4) is 11.8 Å². The first-order valence-corrected chi connectivity index (χ1v) is 9.86. The van der Waals surface area contributed by atoms with Crippen LogP contribution in [0, 0.1) is 11.3 Å². The first-order chi connectivity index (χ1) is 13.7. The summed E-state index contributed by atoms with van der Waals surface area (Å²) in [5.74, 6) is 0.718. The van der Waals surface area contributed by atoms with Gasteiger partial charge in [-0.3, -0.25) is 0 Å². The van der Waals surface area contributed by atoms with Crippen molar-refractivity contribution in [3.05, 3.63) is 94.0 Å². The van der Waals surface area contributed by atoms with Crippen LogP contribution in [0.5, 0.6) is 5.75 Å². The van der Waals surface area contributed by atoms with Gasteiger partial charge in [-0.2, -0.15) is 5.26 Å². The Hall–Kier alpha value is -3.13. The molecule has 0 atom stereocenters. The third-order valence-corrected chi connectivity index (χ3v) is 5.60. The van der Waals surface area contributed by atoms with Gasteiger partial charge in [-0.25, -0.2) is 4.98 Å². The molecule has 0 saturated heterocycles. The van der Waals surface area contributed by atoms with Gasteiger partial charge in [0.05, 0.1) is 15.8 Å². The molecule has 4 aromatic rings. The van der Waals surface area contributed by atoms with Crippen LogP contribution in [-0.2, 0) is 6.61 Å². The molecular weight excluding hydrogens is 388 g/mol. The van der Waals surface area contributed by atoms with Gasteiger partial charge in [0.15, 0.2) is 0 Å². The van der Waals surface area contributed by atoms with E-state index in [1.54, 1.807) is 0 Å². The van der Waals surface area contributed by atoms with Gasteiger partial charge in [-0.05, 0) is 42.0 Å². The van der Waals surface area contributed by atoms with Crippen molar-refractivity contribution in [2.75, 3.05) is 0 Å². The highest BCUT2D eigenvalue weighted by Gasteiger charge is 2.09. The zero-order chi connectivity index (χ0) is 19.3. The molecular formula is C23H15ClN2OS. The summed E-state index contributed by atoms with van der Waals surface area (Å²) in [6.45, 7) is 0.385. The van der Waals surface area contributed by atoms with Crippen LogP contribution in [-0.4, -0.2) is 4.98 Å². The topological polar surface area (TPSA) is 45.9 Å². The van der Waals surface area contributed by atoms with E-state index in [1.165, 1.54) is 11.3 Å². The Balaban J connectivity index is 1.57. The van der Waals surface area contributed by atoms with Crippen LogP contribution in [0.25, 0.3) is 21.9 Å². The number of benzene rings is 3. The summed E-state index contributed by atoms with van der Waals surface area (Å²) in [7, 11) is 0. The summed E-state index contributed by atoms with van der Waals surface area (Å²) in [6, 6.07) is 25.4. The molecule has 0 amide bonds. The molecule has 0 fully saturated rings. The molecule has 1 aromatic heterocycles. The smallest absolute Gasteiger partial charge is 0.135 e. The Labute approximate surface area is 172 Å². The van der Waals surface area contributed by atoms with Crippen LogP contribution in [0.2, 0.25) is 5.02 Å². The first kappa shape index (κ1) is 18.2. The summed E-state index contributed by atoms with van der Waals surface area (Å²) in [5.41, 5.74) is 3.25. The van der Waals surface area contributed by atoms with E-state index >= 15 is 0 Å². The van der Waals surface area contributed by atoms with Crippen LogP contribution in [0.4, 0.5) is 0 Å². The zero-order valence-electron chi connectivity index (χ0n) is 14.8. The molecule has 136 valence electrons. The lowest BCUT2D eigenvalue weighted by molar-refractivity contribution is 0.306. The van der Waals surface area contributed by atoms with Crippen LogP contribution in [0.3, 0.4) is 0 Å². The Morgan fingerprint density at radius 1 is 1.07 bits per heavy atom. The molecule has 3 aromatic carbocycles. The number of thiazole rings is 1. The molecule has 0 N–H and O–H groups in total. The average molecular weight is 403 g/mol. The van der Waals surface area contributed by atoms with E-state index in [-0.39, 0.29) is 0 Å². The molecule has 4 rings (SSSR count). The second kappa shape index (κ2) is 8.26. The van der Waals surface area contributed by atoms with Gasteiger partial charge in [0, 0.05) is 10.6 Å². The lowest BCUT2D eigenvalue weighted by Gasteiger charge is -2.08. The third-order valence-electron chi connectivity index (χ3n) is 4.17. The summed E-state index contributed by atoms with van der Waals surface area (Å²) >= 11 is 7.69. The van der Waals surface area contributed by atoms with Gasteiger partial charge < -0.3 is 4.74 Å². The van der Waals surface area contributed by atoms with Crippen LogP contribution in [0.1, 0.15) is 16.1 Å². The zero-order valence-corrected chi connectivity index (χ0v) is 16.4. The van der Waals surface area contributed by atoms with Gasteiger partial charge in [0.2, 0.25) is 0 Å². The Morgan fingerprint density at radius 2 is 1.89 bits per heavy atom. The highest BCUT2D eigenvalue weighted by Crippen LogP contribution is 2.28. The number of nitriles is 1. The van der Waals surface area contributed by atoms with Crippen LogP contribution >= 0.6 is 22.9 Å². The van der Waals surface area contributed by atoms with Crippen molar-refractivity contribution in [1.29, 1.82) is 5.26 Å². The predicted octanol–water partition coefficient (Wildman–Crippen LogP) is 6.59. The van der Waals surface area contributed by atoms with Crippen molar-refractivity contribution >= 4 is 44.8 Å². The van der Waals surface area contributed by atoms with E-state index in [0.717, 1.165) is 27.1 Å². The molecule has 0 unspecified atom stereocenters. The second-order valence-corrected chi connectivity index (χ2v) is 7.55. The highest BCUT2D eigenvalue weighted by molar-refractivity contribution is 7.19. The minimum Gasteiger partial charge on any atom is -0.489 e. The maximum Gasteiger partial charge on any atom is 0.135 e. The maximum atomic E-state index is 9.62. The molecule has 0 spiro atoms. The van der Waals surface area contributed by atoms with Crippen molar-refractivity contribution in [1.82, 2.24) is 4.98 Å². The molecule has 3 nitrogen and oxygen atoms in total. The van der Waals surface area contributed by atoms with Gasteiger partial charge >= 0.3 is 0 Å². The van der Waals surface area contributed by atoms with E-state index < -0.39 is 0 Å². The van der Waals surface area contributed by atoms with Crippen LogP contribution < -0.4 is 4.74 Å². The molecule has 28 heavy (non-hydrogen) atoms. The monoisotopic (exact) mass is 402 g/mol. The minimum atomic E-state index is 0.385. The van der Waals surface area contributed by atoms with E-state index in [0.29, 0.717) is 22.2 Å². The van der Waals surface area contributed by atoms with Crippen molar-refractivity contribution < 1.29 is 4.74 Å². The lowest BCUT2D eigenvalue weighted by atomic mass is 10.1. The van der Waals surface area contributed by atoms with E-state index in [2.05, 4.69) is 11.1 Å². The summed E-state index contributed by atoms with van der Waals surface area (Å²) in [4.78, 5) is 4.57. The summed E-state index contributed by atoms with van der Waals surface area (Å²) < 4.78 is 6.94. The number of hydrogen-bond donors (Lipinski definition) is 0. The number of nitrogens with zero attached hydrogens (tertiary/aromatic N) is 2. The molecule has 0 aliphatic carbocycles. The standard InChI is InChI=1S/C23H15ClN2OS/c24-20-9-2-1-7-17(20)15-27-19-8-5-6-16(13-19)12-18(14-25)23-26-21-10-3-4-11-22(21)28-23/h1-13H,15H2. The van der Waals surface area contributed by atoms with Crippen molar-refractivity contribution in [3.63, 3.8) is 0 Å². The molecule has 0 aliphatic rings. The quantitative estimate of drug-likeness (QED) is 0.353. The summed E-state index contributed by atoms with van der Waals surface area (Å²) in [5, 5.41) is 11.0. The first-order valence-electron chi connectivity index (χ1n) is 8.67. The fourth-order valence-corrected chi connectivity index (χ4v) is 3.89. The number of halogens is 1. The lowest BCUT2D eigenvalue weighted by Crippen LogP contribution is -1.96. The SMILES string of the molecule is N#CC(=Cc1cccc(OCc2ccccc2Cl)c1)c1nc2ccccc2s1. The fraction of sp³-hybridized carbons (Fsp3) is 0.0435.